The van der Waals surface area contributed by atoms with Crippen molar-refractivity contribution in [1.82, 2.24) is 9.62 Å². The van der Waals surface area contributed by atoms with Gasteiger partial charge in [0, 0.05) is 41.7 Å². The number of nitrogens with zero attached hydrogens (tertiary/aromatic N) is 1. The van der Waals surface area contributed by atoms with E-state index in [2.05, 4.69) is 5.32 Å². The summed E-state index contributed by atoms with van der Waals surface area (Å²) in [5.41, 5.74) is 0.776. The Kier molecular flexibility index (Phi) is 6.62. The molecule has 31 heavy (non-hydrogen) atoms. The number of piperidine rings is 1. The number of amides is 1. The van der Waals surface area contributed by atoms with Gasteiger partial charge in [-0.05, 0) is 42.7 Å². The van der Waals surface area contributed by atoms with Gasteiger partial charge in [0.1, 0.15) is 13.2 Å². The first kappa shape index (κ1) is 22.2. The minimum atomic E-state index is -3.67. The summed E-state index contributed by atoms with van der Waals surface area (Å²) >= 11 is 12.0. The zero-order chi connectivity index (χ0) is 22.0. The summed E-state index contributed by atoms with van der Waals surface area (Å²) in [6, 6.07) is 9.76. The molecule has 2 aliphatic heterocycles. The number of ether oxygens (including phenoxy) is 2. The summed E-state index contributed by atoms with van der Waals surface area (Å²) in [7, 11) is -3.67. The van der Waals surface area contributed by atoms with E-state index < -0.39 is 10.0 Å². The van der Waals surface area contributed by atoms with Crippen LogP contribution in [-0.4, -0.2) is 44.9 Å². The van der Waals surface area contributed by atoms with E-state index >= 15 is 0 Å². The van der Waals surface area contributed by atoms with Crippen molar-refractivity contribution >= 4 is 39.1 Å². The molecule has 2 aromatic rings. The molecule has 0 unspecified atom stereocenters. The van der Waals surface area contributed by atoms with E-state index in [1.54, 1.807) is 24.3 Å². The van der Waals surface area contributed by atoms with Crippen LogP contribution in [0.5, 0.6) is 11.5 Å². The maximum Gasteiger partial charge on any atom is 0.243 e. The lowest BCUT2D eigenvalue weighted by Crippen LogP contribution is -2.42. The highest BCUT2D eigenvalue weighted by Crippen LogP contribution is 2.34. The predicted octanol–water partition coefficient (Wildman–Crippen LogP) is 3.48. The number of benzene rings is 2. The zero-order valence-electron chi connectivity index (χ0n) is 16.6. The molecule has 7 nitrogen and oxygen atoms in total. The molecule has 0 saturated carbocycles. The Balaban J connectivity index is 1.35. The molecule has 0 aliphatic carbocycles. The molecule has 0 spiro atoms. The Labute approximate surface area is 191 Å². The van der Waals surface area contributed by atoms with Crippen LogP contribution in [0.25, 0.3) is 0 Å². The smallest absolute Gasteiger partial charge is 0.243 e. The second-order valence-corrected chi connectivity index (χ2v) is 10.2. The molecule has 10 heteroatoms. The number of fused-ring (bicyclic) bond motifs is 1. The van der Waals surface area contributed by atoms with Gasteiger partial charge in [-0.15, -0.1) is 0 Å². The van der Waals surface area contributed by atoms with Crippen molar-refractivity contribution in [3.05, 3.63) is 52.0 Å². The van der Waals surface area contributed by atoms with Crippen LogP contribution in [0.1, 0.15) is 18.4 Å². The summed E-state index contributed by atoms with van der Waals surface area (Å²) in [6.45, 7) is 1.68. The first-order valence-electron chi connectivity index (χ1n) is 9.96. The second kappa shape index (κ2) is 9.24. The second-order valence-electron chi connectivity index (χ2n) is 7.44. The van der Waals surface area contributed by atoms with Crippen molar-refractivity contribution < 1.29 is 22.7 Å². The summed E-state index contributed by atoms with van der Waals surface area (Å²) in [5, 5.41) is 3.91. The quantitative estimate of drug-likeness (QED) is 0.701. The SMILES string of the molecule is O=C(NCc1ccc(Cl)cc1Cl)C1CCN(S(=O)(=O)c2ccc3c(c2)OCCO3)CC1. The van der Waals surface area contributed by atoms with E-state index in [4.69, 9.17) is 32.7 Å². The Bertz CT molecular complexity index is 1090. The highest BCUT2D eigenvalue weighted by Gasteiger charge is 2.32. The number of nitrogens with one attached hydrogen (secondary N) is 1. The zero-order valence-corrected chi connectivity index (χ0v) is 19.0. The largest absolute Gasteiger partial charge is 0.486 e. The first-order chi connectivity index (χ1) is 14.8. The summed E-state index contributed by atoms with van der Waals surface area (Å²) in [4.78, 5) is 12.7. The van der Waals surface area contributed by atoms with Crippen LogP contribution in [-0.2, 0) is 21.4 Å². The summed E-state index contributed by atoms with van der Waals surface area (Å²) < 4.78 is 38.4. The number of carbonyl (C=O) groups is 1. The number of halogens is 2. The standard InChI is InChI=1S/C21H22Cl2N2O5S/c22-16-2-1-15(18(23)11-16)13-24-21(26)14-5-7-25(8-6-14)31(27,28)17-3-4-19-20(12-17)30-10-9-29-19/h1-4,11-12,14H,5-10,13H2,(H,24,26). The fourth-order valence-electron chi connectivity index (χ4n) is 3.68. The molecule has 4 rings (SSSR count). The number of carbonyl (C=O) groups excluding carboxylic acids is 1. The van der Waals surface area contributed by atoms with Gasteiger partial charge < -0.3 is 14.8 Å². The van der Waals surface area contributed by atoms with Crippen molar-refractivity contribution in [3.63, 3.8) is 0 Å². The van der Waals surface area contributed by atoms with Gasteiger partial charge in [-0.3, -0.25) is 4.79 Å². The van der Waals surface area contributed by atoms with E-state index in [1.807, 2.05) is 0 Å². The van der Waals surface area contributed by atoms with Gasteiger partial charge in [0.05, 0.1) is 4.90 Å². The monoisotopic (exact) mass is 484 g/mol. The number of hydrogen-bond acceptors (Lipinski definition) is 5. The fraction of sp³-hybridized carbons (Fsp3) is 0.381. The summed E-state index contributed by atoms with van der Waals surface area (Å²) in [6.07, 6.45) is 0.897. The van der Waals surface area contributed by atoms with Crippen molar-refractivity contribution in [2.24, 2.45) is 5.92 Å². The highest BCUT2D eigenvalue weighted by molar-refractivity contribution is 7.89. The normalized spacial score (nSPS) is 17.4. The molecule has 1 amide bonds. The first-order valence-corrected chi connectivity index (χ1v) is 12.2. The van der Waals surface area contributed by atoms with Gasteiger partial charge in [0.15, 0.2) is 11.5 Å². The Hall–Kier alpha value is -2.00. The minimum absolute atomic E-state index is 0.109. The molecular weight excluding hydrogens is 463 g/mol. The maximum atomic E-state index is 13.0. The Morgan fingerprint density at radius 1 is 1.03 bits per heavy atom. The molecule has 2 aromatic carbocycles. The molecule has 2 aliphatic rings. The molecule has 2 heterocycles. The van der Waals surface area contributed by atoms with Gasteiger partial charge >= 0.3 is 0 Å². The highest BCUT2D eigenvalue weighted by atomic mass is 35.5. The lowest BCUT2D eigenvalue weighted by Gasteiger charge is -2.31. The lowest BCUT2D eigenvalue weighted by atomic mass is 9.97. The maximum absolute atomic E-state index is 13.0. The van der Waals surface area contributed by atoms with Crippen LogP contribution in [0.2, 0.25) is 10.0 Å². The molecule has 1 fully saturated rings. The fourth-order valence-corrected chi connectivity index (χ4v) is 5.64. The van der Waals surface area contributed by atoms with Gasteiger partial charge in [0.25, 0.3) is 0 Å². The van der Waals surface area contributed by atoms with Crippen molar-refractivity contribution in [1.29, 1.82) is 0 Å². The number of rotatable bonds is 5. The molecule has 1 saturated heterocycles. The predicted molar refractivity (Wildman–Crippen MR) is 117 cm³/mol. The topological polar surface area (TPSA) is 84.9 Å². The van der Waals surface area contributed by atoms with E-state index in [-0.39, 0.29) is 29.8 Å². The van der Waals surface area contributed by atoms with Crippen LogP contribution < -0.4 is 14.8 Å². The molecule has 0 bridgehead atoms. The lowest BCUT2D eigenvalue weighted by molar-refractivity contribution is -0.126. The molecule has 166 valence electrons. The molecule has 0 aromatic heterocycles. The van der Waals surface area contributed by atoms with E-state index in [9.17, 15) is 13.2 Å². The average molecular weight is 485 g/mol. The van der Waals surface area contributed by atoms with Crippen LogP contribution in [0.4, 0.5) is 0 Å². The van der Waals surface area contributed by atoms with Gasteiger partial charge in [0.2, 0.25) is 15.9 Å². The molecular formula is C21H22Cl2N2O5S. The van der Waals surface area contributed by atoms with Crippen molar-refractivity contribution in [3.8, 4) is 11.5 Å². The van der Waals surface area contributed by atoms with Gasteiger partial charge in [-0.25, -0.2) is 8.42 Å². The third-order valence-corrected chi connectivity index (χ3v) is 7.93. The van der Waals surface area contributed by atoms with Crippen LogP contribution >= 0.6 is 23.2 Å². The number of sulfonamides is 1. The molecule has 0 atom stereocenters. The van der Waals surface area contributed by atoms with Crippen molar-refractivity contribution in [2.75, 3.05) is 26.3 Å². The van der Waals surface area contributed by atoms with Crippen LogP contribution in [0.3, 0.4) is 0 Å². The Morgan fingerprint density at radius 2 is 1.74 bits per heavy atom. The minimum Gasteiger partial charge on any atom is -0.486 e. The third-order valence-electron chi connectivity index (χ3n) is 5.44. The molecule has 0 radical (unpaired) electrons. The average Bonchev–Trinajstić information content (AvgIpc) is 2.78. The van der Waals surface area contributed by atoms with E-state index in [1.165, 1.54) is 16.4 Å². The van der Waals surface area contributed by atoms with Crippen LogP contribution in [0.15, 0.2) is 41.3 Å². The summed E-state index contributed by atoms with van der Waals surface area (Å²) in [5.74, 6) is 0.615. The van der Waals surface area contributed by atoms with Crippen molar-refractivity contribution in [2.45, 2.75) is 24.3 Å². The molecule has 1 N–H and O–H groups in total. The van der Waals surface area contributed by atoms with Gasteiger partial charge in [-0.1, -0.05) is 29.3 Å². The van der Waals surface area contributed by atoms with E-state index in [0.717, 1.165) is 5.56 Å². The van der Waals surface area contributed by atoms with Crippen LogP contribution in [0, 0.1) is 5.92 Å². The Morgan fingerprint density at radius 3 is 2.45 bits per heavy atom. The number of hydrogen-bond donors (Lipinski definition) is 1. The van der Waals surface area contributed by atoms with Gasteiger partial charge in [-0.2, -0.15) is 4.31 Å². The van der Waals surface area contributed by atoms with E-state index in [0.29, 0.717) is 54.1 Å². The third kappa shape index (κ3) is 4.92.